The fourth-order valence-corrected chi connectivity index (χ4v) is 4.93. The molecule has 0 radical (unpaired) electrons. The van der Waals surface area contributed by atoms with Gasteiger partial charge in [-0.1, -0.05) is 29.5 Å². The summed E-state index contributed by atoms with van der Waals surface area (Å²) in [6, 6.07) is 8.45. The monoisotopic (exact) mass is 382 g/mol. The van der Waals surface area contributed by atoms with Crippen molar-refractivity contribution in [3.63, 3.8) is 0 Å². The first kappa shape index (κ1) is 18.3. The highest BCUT2D eigenvalue weighted by molar-refractivity contribution is 7.99. The first-order valence-corrected chi connectivity index (χ1v) is 10.6. The molecule has 4 rings (SSSR count). The zero-order valence-electron chi connectivity index (χ0n) is 15.8. The number of benzene rings is 1. The molecule has 2 aliphatic heterocycles. The van der Waals surface area contributed by atoms with Crippen molar-refractivity contribution in [3.8, 4) is 0 Å². The molecule has 2 fully saturated rings. The first-order chi connectivity index (χ1) is 13.2. The standard InChI is InChI=1S/C21H26N4OS/c1-16-5-4-6-18(15-16)27-20-19(22-9-10-23-20)24-13-7-17(8-14-24)21(26)25-11-2-3-12-25/h4-6,9-10,15,17H,2-3,7-8,11-14H2,1H3. The van der Waals surface area contributed by atoms with Crippen LogP contribution in [-0.4, -0.2) is 47.0 Å². The van der Waals surface area contributed by atoms with E-state index in [1.807, 2.05) is 0 Å². The Kier molecular flexibility index (Phi) is 5.62. The quantitative estimate of drug-likeness (QED) is 0.805. The lowest BCUT2D eigenvalue weighted by Crippen LogP contribution is -2.42. The van der Waals surface area contributed by atoms with Crippen LogP contribution in [0.5, 0.6) is 0 Å². The molecule has 5 nitrogen and oxygen atoms in total. The summed E-state index contributed by atoms with van der Waals surface area (Å²) in [6.45, 7) is 5.72. The number of hydrogen-bond donors (Lipinski definition) is 0. The van der Waals surface area contributed by atoms with Crippen LogP contribution >= 0.6 is 11.8 Å². The van der Waals surface area contributed by atoms with E-state index < -0.39 is 0 Å². The fourth-order valence-electron chi connectivity index (χ4n) is 3.93. The topological polar surface area (TPSA) is 49.3 Å². The summed E-state index contributed by atoms with van der Waals surface area (Å²) in [7, 11) is 0. The number of amides is 1. The molecule has 142 valence electrons. The van der Waals surface area contributed by atoms with Crippen LogP contribution in [-0.2, 0) is 4.79 Å². The highest BCUT2D eigenvalue weighted by atomic mass is 32.2. The summed E-state index contributed by atoms with van der Waals surface area (Å²) in [5.41, 5.74) is 1.24. The largest absolute Gasteiger partial charge is 0.354 e. The summed E-state index contributed by atoms with van der Waals surface area (Å²) in [5.74, 6) is 1.47. The molecule has 3 heterocycles. The van der Waals surface area contributed by atoms with Crippen LogP contribution in [0.25, 0.3) is 0 Å². The van der Waals surface area contributed by atoms with Crippen LogP contribution in [0.4, 0.5) is 5.82 Å². The van der Waals surface area contributed by atoms with Crippen LogP contribution < -0.4 is 4.90 Å². The third kappa shape index (κ3) is 4.26. The molecule has 1 aromatic heterocycles. The SMILES string of the molecule is Cc1cccc(Sc2nccnc2N2CCC(C(=O)N3CCCC3)CC2)c1. The van der Waals surface area contributed by atoms with Gasteiger partial charge >= 0.3 is 0 Å². The molecule has 0 spiro atoms. The molecular formula is C21H26N4OS. The van der Waals surface area contributed by atoms with Gasteiger partial charge in [0.15, 0.2) is 5.82 Å². The molecule has 2 aromatic rings. The van der Waals surface area contributed by atoms with Gasteiger partial charge in [-0.15, -0.1) is 0 Å². The molecule has 0 aliphatic carbocycles. The third-order valence-electron chi connectivity index (χ3n) is 5.41. The molecule has 0 N–H and O–H groups in total. The van der Waals surface area contributed by atoms with Crippen LogP contribution in [0.2, 0.25) is 0 Å². The molecule has 0 atom stereocenters. The van der Waals surface area contributed by atoms with Crippen LogP contribution in [0.1, 0.15) is 31.2 Å². The van der Waals surface area contributed by atoms with Gasteiger partial charge in [-0.25, -0.2) is 9.97 Å². The Morgan fingerprint density at radius 3 is 2.56 bits per heavy atom. The smallest absolute Gasteiger partial charge is 0.225 e. The number of piperidine rings is 1. The fraction of sp³-hybridized carbons (Fsp3) is 0.476. The van der Waals surface area contributed by atoms with Crippen molar-refractivity contribution in [1.29, 1.82) is 0 Å². The van der Waals surface area contributed by atoms with E-state index in [1.165, 1.54) is 10.5 Å². The Balaban J connectivity index is 1.43. The van der Waals surface area contributed by atoms with Gasteiger partial charge in [0.05, 0.1) is 0 Å². The number of rotatable bonds is 4. The predicted octanol–water partition coefficient (Wildman–Crippen LogP) is 3.78. The van der Waals surface area contributed by atoms with E-state index in [0.717, 1.165) is 62.7 Å². The van der Waals surface area contributed by atoms with Gasteiger partial charge in [-0.3, -0.25) is 4.79 Å². The Labute approximate surface area is 165 Å². The molecule has 0 bridgehead atoms. The highest BCUT2D eigenvalue weighted by Gasteiger charge is 2.30. The number of aromatic nitrogens is 2. The first-order valence-electron chi connectivity index (χ1n) is 9.80. The number of carbonyl (C=O) groups is 1. The minimum atomic E-state index is 0.170. The van der Waals surface area contributed by atoms with E-state index in [9.17, 15) is 4.79 Å². The maximum Gasteiger partial charge on any atom is 0.225 e. The van der Waals surface area contributed by atoms with E-state index in [-0.39, 0.29) is 5.92 Å². The van der Waals surface area contributed by atoms with Crippen molar-refractivity contribution < 1.29 is 4.79 Å². The molecule has 27 heavy (non-hydrogen) atoms. The molecule has 0 saturated carbocycles. The van der Waals surface area contributed by atoms with Gasteiger partial charge < -0.3 is 9.80 Å². The summed E-state index contributed by atoms with van der Waals surface area (Å²) in [4.78, 5) is 27.4. The minimum absolute atomic E-state index is 0.170. The van der Waals surface area contributed by atoms with Crippen molar-refractivity contribution >= 4 is 23.5 Å². The number of nitrogens with zero attached hydrogens (tertiary/aromatic N) is 4. The summed E-state index contributed by atoms with van der Waals surface area (Å²) in [6.07, 6.45) is 7.64. The van der Waals surface area contributed by atoms with Crippen molar-refractivity contribution in [1.82, 2.24) is 14.9 Å². The van der Waals surface area contributed by atoms with Gasteiger partial charge in [0.1, 0.15) is 5.03 Å². The Morgan fingerprint density at radius 1 is 1.07 bits per heavy atom. The van der Waals surface area contributed by atoms with Gasteiger partial charge in [0.25, 0.3) is 0 Å². The number of likely N-dealkylation sites (tertiary alicyclic amines) is 1. The zero-order valence-corrected chi connectivity index (χ0v) is 16.6. The Hall–Kier alpha value is -2.08. The molecule has 1 amide bonds. The summed E-state index contributed by atoms with van der Waals surface area (Å²) < 4.78 is 0. The second kappa shape index (κ2) is 8.30. The number of carbonyl (C=O) groups excluding carboxylic acids is 1. The van der Waals surface area contributed by atoms with Gasteiger partial charge in [-0.05, 0) is 44.7 Å². The van der Waals surface area contributed by atoms with Gasteiger partial charge in [0, 0.05) is 49.4 Å². The molecule has 2 aliphatic rings. The Morgan fingerprint density at radius 2 is 1.81 bits per heavy atom. The number of aryl methyl sites for hydroxylation is 1. The molecule has 1 aromatic carbocycles. The maximum atomic E-state index is 12.7. The second-order valence-electron chi connectivity index (χ2n) is 7.40. The lowest BCUT2D eigenvalue weighted by molar-refractivity contribution is -0.135. The average molecular weight is 383 g/mol. The number of anilines is 1. The average Bonchev–Trinajstić information content (AvgIpc) is 3.23. The summed E-state index contributed by atoms with van der Waals surface area (Å²) in [5, 5.41) is 0.937. The Bertz CT molecular complexity index is 798. The summed E-state index contributed by atoms with van der Waals surface area (Å²) >= 11 is 1.66. The molecule has 6 heteroatoms. The van der Waals surface area contributed by atoms with Crippen molar-refractivity contribution in [2.75, 3.05) is 31.1 Å². The molecule has 2 saturated heterocycles. The van der Waals surface area contributed by atoms with Crippen molar-refractivity contribution in [2.45, 2.75) is 42.5 Å². The third-order valence-corrected chi connectivity index (χ3v) is 6.38. The van der Waals surface area contributed by atoms with E-state index in [0.29, 0.717) is 5.91 Å². The second-order valence-corrected chi connectivity index (χ2v) is 8.46. The van der Waals surface area contributed by atoms with Crippen LogP contribution in [0.3, 0.4) is 0 Å². The van der Waals surface area contributed by atoms with Crippen LogP contribution in [0, 0.1) is 12.8 Å². The zero-order chi connectivity index (χ0) is 18.6. The highest BCUT2D eigenvalue weighted by Crippen LogP contribution is 2.34. The van der Waals surface area contributed by atoms with E-state index in [1.54, 1.807) is 24.2 Å². The van der Waals surface area contributed by atoms with Crippen LogP contribution in [0.15, 0.2) is 46.6 Å². The number of hydrogen-bond acceptors (Lipinski definition) is 5. The van der Waals surface area contributed by atoms with Gasteiger partial charge in [0.2, 0.25) is 5.91 Å². The van der Waals surface area contributed by atoms with E-state index in [2.05, 4.69) is 51.0 Å². The lowest BCUT2D eigenvalue weighted by Gasteiger charge is -2.34. The van der Waals surface area contributed by atoms with E-state index >= 15 is 0 Å². The normalized spacial score (nSPS) is 18.1. The molecular weight excluding hydrogens is 356 g/mol. The maximum absolute atomic E-state index is 12.7. The van der Waals surface area contributed by atoms with E-state index in [4.69, 9.17) is 0 Å². The molecule has 0 unspecified atom stereocenters. The predicted molar refractivity (Wildman–Crippen MR) is 108 cm³/mol. The minimum Gasteiger partial charge on any atom is -0.354 e. The van der Waals surface area contributed by atoms with Crippen molar-refractivity contribution in [3.05, 3.63) is 42.2 Å². The van der Waals surface area contributed by atoms with Gasteiger partial charge in [-0.2, -0.15) is 0 Å². The lowest BCUT2D eigenvalue weighted by atomic mass is 9.95. The van der Waals surface area contributed by atoms with Crippen molar-refractivity contribution in [2.24, 2.45) is 5.92 Å².